The van der Waals surface area contributed by atoms with Crippen molar-refractivity contribution in [2.24, 2.45) is 0 Å². The first kappa shape index (κ1) is 15.5. The second kappa shape index (κ2) is 7.24. The van der Waals surface area contributed by atoms with Gasteiger partial charge in [0.05, 0.1) is 18.9 Å². The van der Waals surface area contributed by atoms with E-state index in [4.69, 9.17) is 9.47 Å². The molecular weight excluding hydrogens is 266 g/mol. The Bertz CT molecular complexity index is 581. The van der Waals surface area contributed by atoms with Gasteiger partial charge in [0.15, 0.2) is 0 Å². The summed E-state index contributed by atoms with van der Waals surface area (Å²) in [5.41, 5.74) is 3.17. The first-order chi connectivity index (χ1) is 10.1. The van der Waals surface area contributed by atoms with Gasteiger partial charge in [-0.05, 0) is 31.5 Å². The largest absolute Gasteiger partial charge is 0.383 e. The van der Waals surface area contributed by atoms with Crippen molar-refractivity contribution in [1.29, 1.82) is 0 Å². The van der Waals surface area contributed by atoms with E-state index in [1.54, 1.807) is 14.2 Å². The van der Waals surface area contributed by atoms with Gasteiger partial charge in [-0.1, -0.05) is 12.1 Å². The maximum Gasteiger partial charge on any atom is 0.208 e. The third-order valence-corrected chi connectivity index (χ3v) is 3.12. The SMILES string of the molecule is COCc1cccc(-n2cc(C)nc2NC(C)COC)c1. The Morgan fingerprint density at radius 1 is 1.29 bits per heavy atom. The Kier molecular flexibility index (Phi) is 5.36. The van der Waals surface area contributed by atoms with Crippen molar-refractivity contribution in [3.8, 4) is 5.69 Å². The number of hydrogen-bond acceptors (Lipinski definition) is 4. The second-order valence-corrected chi connectivity index (χ2v) is 5.18. The molecular formula is C16H23N3O2. The van der Waals surface area contributed by atoms with Gasteiger partial charge in [-0.15, -0.1) is 0 Å². The lowest BCUT2D eigenvalue weighted by atomic mass is 10.2. The monoisotopic (exact) mass is 289 g/mol. The Balaban J connectivity index is 2.28. The van der Waals surface area contributed by atoms with Crippen LogP contribution in [0.25, 0.3) is 5.69 Å². The van der Waals surface area contributed by atoms with E-state index in [2.05, 4.69) is 40.0 Å². The van der Waals surface area contributed by atoms with Crippen LogP contribution in [0.5, 0.6) is 0 Å². The number of imidazole rings is 1. The van der Waals surface area contributed by atoms with Gasteiger partial charge in [0.25, 0.3) is 0 Å². The highest BCUT2D eigenvalue weighted by molar-refractivity contribution is 5.45. The van der Waals surface area contributed by atoms with E-state index in [0.717, 1.165) is 22.9 Å². The summed E-state index contributed by atoms with van der Waals surface area (Å²) >= 11 is 0. The normalized spacial score (nSPS) is 12.4. The van der Waals surface area contributed by atoms with Gasteiger partial charge in [-0.3, -0.25) is 4.57 Å². The van der Waals surface area contributed by atoms with Crippen molar-refractivity contribution in [2.45, 2.75) is 26.5 Å². The van der Waals surface area contributed by atoms with Crippen LogP contribution in [-0.4, -0.2) is 36.4 Å². The van der Waals surface area contributed by atoms with Gasteiger partial charge < -0.3 is 14.8 Å². The molecule has 5 nitrogen and oxygen atoms in total. The molecule has 0 aliphatic heterocycles. The van der Waals surface area contributed by atoms with Gasteiger partial charge in [0.2, 0.25) is 5.95 Å². The molecule has 2 rings (SSSR count). The zero-order valence-electron chi connectivity index (χ0n) is 13.1. The molecule has 0 fully saturated rings. The number of anilines is 1. The summed E-state index contributed by atoms with van der Waals surface area (Å²) in [5.74, 6) is 0.826. The standard InChI is InChI=1S/C16H23N3O2/c1-12-9-19(16(17-12)18-13(2)10-20-3)15-7-5-6-14(8-15)11-21-4/h5-9,13H,10-11H2,1-4H3,(H,17,18). The minimum atomic E-state index is 0.192. The van der Waals surface area contributed by atoms with E-state index in [1.807, 2.05) is 19.2 Å². The Labute approximate surface area is 125 Å². The van der Waals surface area contributed by atoms with Gasteiger partial charge in [0, 0.05) is 32.1 Å². The van der Waals surface area contributed by atoms with E-state index in [1.165, 1.54) is 0 Å². The van der Waals surface area contributed by atoms with Gasteiger partial charge in [0.1, 0.15) is 0 Å². The molecule has 21 heavy (non-hydrogen) atoms. The summed E-state index contributed by atoms with van der Waals surface area (Å²) in [5, 5.41) is 3.38. The molecule has 1 aromatic heterocycles. The predicted molar refractivity (Wildman–Crippen MR) is 84.0 cm³/mol. The predicted octanol–water partition coefficient (Wildman–Crippen LogP) is 2.77. The fraction of sp³-hybridized carbons (Fsp3) is 0.438. The van der Waals surface area contributed by atoms with Crippen LogP contribution in [0.1, 0.15) is 18.2 Å². The van der Waals surface area contributed by atoms with E-state index < -0.39 is 0 Å². The first-order valence-corrected chi connectivity index (χ1v) is 7.03. The molecule has 1 N–H and O–H groups in total. The Hall–Kier alpha value is -1.85. The lowest BCUT2D eigenvalue weighted by molar-refractivity contribution is 0.185. The second-order valence-electron chi connectivity index (χ2n) is 5.18. The smallest absolute Gasteiger partial charge is 0.208 e. The van der Waals surface area contributed by atoms with Crippen LogP contribution in [0.4, 0.5) is 5.95 Å². The molecule has 0 radical (unpaired) electrons. The lowest BCUT2D eigenvalue weighted by Gasteiger charge is -2.15. The molecule has 0 saturated heterocycles. The van der Waals surface area contributed by atoms with Gasteiger partial charge in [-0.25, -0.2) is 4.98 Å². The van der Waals surface area contributed by atoms with Crippen molar-refractivity contribution in [3.63, 3.8) is 0 Å². The average Bonchev–Trinajstić information content (AvgIpc) is 2.80. The van der Waals surface area contributed by atoms with Crippen molar-refractivity contribution >= 4 is 5.95 Å². The molecule has 2 aromatic rings. The van der Waals surface area contributed by atoms with E-state index in [-0.39, 0.29) is 6.04 Å². The van der Waals surface area contributed by atoms with Crippen molar-refractivity contribution in [2.75, 3.05) is 26.1 Å². The van der Waals surface area contributed by atoms with Crippen LogP contribution in [0.2, 0.25) is 0 Å². The van der Waals surface area contributed by atoms with Crippen molar-refractivity contribution in [3.05, 3.63) is 41.7 Å². The van der Waals surface area contributed by atoms with Crippen molar-refractivity contribution < 1.29 is 9.47 Å². The summed E-state index contributed by atoms with van der Waals surface area (Å²) < 4.78 is 12.4. The minimum absolute atomic E-state index is 0.192. The summed E-state index contributed by atoms with van der Waals surface area (Å²) in [7, 11) is 3.40. The van der Waals surface area contributed by atoms with Gasteiger partial charge >= 0.3 is 0 Å². The number of benzene rings is 1. The first-order valence-electron chi connectivity index (χ1n) is 7.03. The number of aryl methyl sites for hydroxylation is 1. The van der Waals surface area contributed by atoms with Crippen LogP contribution in [0.3, 0.4) is 0 Å². The number of methoxy groups -OCH3 is 2. The minimum Gasteiger partial charge on any atom is -0.383 e. The third-order valence-electron chi connectivity index (χ3n) is 3.12. The summed E-state index contributed by atoms with van der Waals surface area (Å²) in [4.78, 5) is 4.55. The molecule has 1 atom stereocenters. The highest BCUT2D eigenvalue weighted by atomic mass is 16.5. The molecule has 114 valence electrons. The molecule has 0 saturated carbocycles. The van der Waals surface area contributed by atoms with Crippen LogP contribution in [0, 0.1) is 6.92 Å². The molecule has 0 amide bonds. The quantitative estimate of drug-likeness (QED) is 0.851. The van der Waals surface area contributed by atoms with E-state index >= 15 is 0 Å². The fourth-order valence-corrected chi connectivity index (χ4v) is 2.27. The molecule has 1 aromatic carbocycles. The van der Waals surface area contributed by atoms with Crippen LogP contribution < -0.4 is 5.32 Å². The average molecular weight is 289 g/mol. The topological polar surface area (TPSA) is 48.3 Å². The number of ether oxygens (including phenoxy) is 2. The molecule has 5 heteroatoms. The number of nitrogens with one attached hydrogen (secondary N) is 1. The number of aromatic nitrogens is 2. The molecule has 0 bridgehead atoms. The van der Waals surface area contributed by atoms with Crippen molar-refractivity contribution in [1.82, 2.24) is 9.55 Å². The van der Waals surface area contributed by atoms with E-state index in [9.17, 15) is 0 Å². The number of hydrogen-bond donors (Lipinski definition) is 1. The number of nitrogens with zero attached hydrogens (tertiary/aromatic N) is 2. The summed E-state index contributed by atoms with van der Waals surface area (Å²) in [6.45, 7) is 5.29. The van der Waals surface area contributed by atoms with Gasteiger partial charge in [-0.2, -0.15) is 0 Å². The maximum absolute atomic E-state index is 5.19. The molecule has 1 unspecified atom stereocenters. The van der Waals surface area contributed by atoms with Crippen LogP contribution >= 0.6 is 0 Å². The zero-order valence-corrected chi connectivity index (χ0v) is 13.1. The third kappa shape index (κ3) is 4.06. The summed E-state index contributed by atoms with van der Waals surface area (Å²) in [6.07, 6.45) is 2.02. The fourth-order valence-electron chi connectivity index (χ4n) is 2.27. The highest BCUT2D eigenvalue weighted by Gasteiger charge is 2.10. The Morgan fingerprint density at radius 3 is 2.81 bits per heavy atom. The molecule has 1 heterocycles. The maximum atomic E-state index is 5.19. The lowest BCUT2D eigenvalue weighted by Crippen LogP contribution is -2.22. The summed E-state index contributed by atoms with van der Waals surface area (Å²) in [6, 6.07) is 8.44. The Morgan fingerprint density at radius 2 is 2.10 bits per heavy atom. The van der Waals surface area contributed by atoms with Crippen LogP contribution in [-0.2, 0) is 16.1 Å². The van der Waals surface area contributed by atoms with E-state index in [0.29, 0.717) is 13.2 Å². The number of rotatable bonds is 7. The zero-order chi connectivity index (χ0) is 15.2. The molecule has 0 spiro atoms. The molecule has 0 aliphatic rings. The van der Waals surface area contributed by atoms with Crippen LogP contribution in [0.15, 0.2) is 30.5 Å². The highest BCUT2D eigenvalue weighted by Crippen LogP contribution is 2.19. The molecule has 0 aliphatic carbocycles.